The molecule has 2 unspecified atom stereocenters. The zero-order valence-electron chi connectivity index (χ0n) is 18.1. The van der Waals surface area contributed by atoms with Crippen molar-refractivity contribution >= 4 is 12.2 Å². The predicted octanol–water partition coefficient (Wildman–Crippen LogP) is 5.68. The van der Waals surface area contributed by atoms with Crippen LogP contribution >= 0.6 is 0 Å². The summed E-state index contributed by atoms with van der Waals surface area (Å²) in [6.45, 7) is 7.33. The molecule has 1 aliphatic heterocycles. The Hall–Kier alpha value is -2.94. The molecule has 1 aliphatic carbocycles. The van der Waals surface area contributed by atoms with Gasteiger partial charge in [0.25, 0.3) is 0 Å². The van der Waals surface area contributed by atoms with E-state index >= 15 is 0 Å². The number of aromatic nitrogens is 1. The zero-order valence-corrected chi connectivity index (χ0v) is 18.1. The van der Waals surface area contributed by atoms with Crippen LogP contribution in [0.2, 0.25) is 0 Å². The van der Waals surface area contributed by atoms with Crippen molar-refractivity contribution < 1.29 is 4.58 Å². The Morgan fingerprint density at radius 3 is 2.03 bits per heavy atom. The molecule has 2 heterocycles. The highest BCUT2D eigenvalue weighted by molar-refractivity contribution is 5.76. The van der Waals surface area contributed by atoms with E-state index < -0.39 is 0 Å². The van der Waals surface area contributed by atoms with Gasteiger partial charge in [-0.25, -0.2) is 9.88 Å². The Kier molecular flexibility index (Phi) is 4.50. The van der Waals surface area contributed by atoms with Gasteiger partial charge in [0.2, 0.25) is 12.2 Å². The minimum Gasteiger partial charge on any atom is -0.251 e. The average Bonchev–Trinajstić information content (AvgIpc) is 2.92. The van der Waals surface area contributed by atoms with Crippen LogP contribution in [0.5, 0.6) is 0 Å². The second-order valence-electron chi connectivity index (χ2n) is 9.39. The fraction of sp³-hybridized carbons (Fsp3) is 0.333. The molecule has 152 valence electrons. The van der Waals surface area contributed by atoms with Crippen molar-refractivity contribution in [3.63, 3.8) is 0 Å². The van der Waals surface area contributed by atoms with Crippen LogP contribution in [0.4, 0.5) is 5.82 Å². The molecular formula is C27H30N3+. The van der Waals surface area contributed by atoms with Crippen molar-refractivity contribution in [2.24, 2.45) is 5.41 Å². The summed E-state index contributed by atoms with van der Waals surface area (Å²) >= 11 is 0. The van der Waals surface area contributed by atoms with Crippen LogP contribution < -0.4 is 4.90 Å². The standard InChI is InChI=1S/C27H30N3/c1-26(2)23-17-18-27(26,3)30(20-29(23)24-16-10-11-19-28-24)25(21-12-6-4-7-13-21)22-14-8-5-9-15-22/h4-16,19-20,23,25H,17-18H2,1-3H3/q+1. The van der Waals surface area contributed by atoms with Crippen LogP contribution in [-0.2, 0) is 0 Å². The third-order valence-electron chi connectivity index (χ3n) is 7.70. The molecule has 2 atom stereocenters. The predicted molar refractivity (Wildman–Crippen MR) is 123 cm³/mol. The summed E-state index contributed by atoms with van der Waals surface area (Å²) < 4.78 is 2.62. The number of hydrogen-bond acceptors (Lipinski definition) is 2. The third-order valence-corrected chi connectivity index (χ3v) is 7.70. The van der Waals surface area contributed by atoms with E-state index in [-0.39, 0.29) is 17.0 Å². The van der Waals surface area contributed by atoms with Crippen molar-refractivity contribution in [2.75, 3.05) is 4.90 Å². The van der Waals surface area contributed by atoms with Crippen LogP contribution in [0, 0.1) is 5.41 Å². The van der Waals surface area contributed by atoms with Crippen molar-refractivity contribution in [1.82, 2.24) is 4.98 Å². The lowest BCUT2D eigenvalue weighted by Crippen LogP contribution is -2.62. The number of rotatable bonds is 4. The fourth-order valence-electron chi connectivity index (χ4n) is 5.61. The van der Waals surface area contributed by atoms with Crippen molar-refractivity contribution in [3.05, 3.63) is 96.2 Å². The van der Waals surface area contributed by atoms with Gasteiger partial charge in [-0.1, -0.05) is 80.6 Å². The molecule has 2 aromatic carbocycles. The summed E-state index contributed by atoms with van der Waals surface area (Å²) in [5, 5.41) is 0. The first-order valence-electron chi connectivity index (χ1n) is 10.9. The van der Waals surface area contributed by atoms with Gasteiger partial charge in [0.1, 0.15) is 17.6 Å². The quantitative estimate of drug-likeness (QED) is 0.529. The van der Waals surface area contributed by atoms with Gasteiger partial charge in [0.05, 0.1) is 0 Å². The lowest BCUT2D eigenvalue weighted by Gasteiger charge is -2.47. The van der Waals surface area contributed by atoms with Gasteiger partial charge in [0.15, 0.2) is 0 Å². The van der Waals surface area contributed by atoms with E-state index in [0.717, 1.165) is 5.82 Å². The summed E-state index contributed by atoms with van der Waals surface area (Å²) in [6, 6.07) is 28.6. The lowest BCUT2D eigenvalue weighted by molar-refractivity contribution is -0.649. The molecule has 0 saturated heterocycles. The van der Waals surface area contributed by atoms with Gasteiger partial charge in [0, 0.05) is 28.8 Å². The van der Waals surface area contributed by atoms with Crippen molar-refractivity contribution in [1.29, 1.82) is 0 Å². The molecule has 0 radical (unpaired) electrons. The largest absolute Gasteiger partial charge is 0.251 e. The minimum atomic E-state index is 0.0549. The molecular weight excluding hydrogens is 366 g/mol. The Labute approximate surface area is 179 Å². The van der Waals surface area contributed by atoms with E-state index in [9.17, 15) is 0 Å². The summed E-state index contributed by atoms with van der Waals surface area (Å²) in [6.07, 6.45) is 6.59. The van der Waals surface area contributed by atoms with Gasteiger partial charge >= 0.3 is 0 Å². The van der Waals surface area contributed by atoms with Gasteiger partial charge in [-0.3, -0.25) is 4.58 Å². The maximum atomic E-state index is 4.71. The molecule has 3 nitrogen and oxygen atoms in total. The second-order valence-corrected chi connectivity index (χ2v) is 9.39. The summed E-state index contributed by atoms with van der Waals surface area (Å²) in [4.78, 5) is 7.14. The van der Waals surface area contributed by atoms with E-state index in [4.69, 9.17) is 4.98 Å². The van der Waals surface area contributed by atoms with Crippen molar-refractivity contribution in [2.45, 2.75) is 51.2 Å². The van der Waals surface area contributed by atoms with E-state index in [2.05, 4.69) is 109 Å². The lowest BCUT2D eigenvalue weighted by atomic mass is 9.71. The van der Waals surface area contributed by atoms with E-state index in [1.54, 1.807) is 0 Å². The summed E-state index contributed by atoms with van der Waals surface area (Å²) in [7, 11) is 0. The molecule has 0 N–H and O–H groups in total. The number of nitrogens with zero attached hydrogens (tertiary/aromatic N) is 3. The molecule has 3 aromatic rings. The average molecular weight is 397 g/mol. The van der Waals surface area contributed by atoms with Crippen LogP contribution in [0.1, 0.15) is 50.8 Å². The SMILES string of the molecule is CC1(C)C2CCC1(C)[N+](C(c1ccccc1)c1ccccc1)=CN2c1ccccn1. The van der Waals surface area contributed by atoms with Crippen molar-refractivity contribution in [3.8, 4) is 0 Å². The second kappa shape index (κ2) is 7.09. The first-order valence-corrected chi connectivity index (χ1v) is 10.9. The van der Waals surface area contributed by atoms with Crippen LogP contribution in [0.15, 0.2) is 85.1 Å². The number of anilines is 1. The van der Waals surface area contributed by atoms with E-state index in [0.29, 0.717) is 6.04 Å². The highest BCUT2D eigenvalue weighted by Crippen LogP contribution is 2.54. The molecule has 1 fully saturated rings. The molecule has 0 spiro atoms. The molecule has 3 heteroatoms. The Balaban J connectivity index is 1.74. The number of fused-ring (bicyclic) bond motifs is 2. The molecule has 2 aliphatic rings. The van der Waals surface area contributed by atoms with E-state index in [1.807, 2.05) is 12.3 Å². The molecule has 5 rings (SSSR count). The van der Waals surface area contributed by atoms with Gasteiger partial charge in [-0.2, -0.15) is 0 Å². The Bertz CT molecular complexity index is 1000. The topological polar surface area (TPSA) is 19.1 Å². The molecule has 0 amide bonds. The fourth-order valence-corrected chi connectivity index (χ4v) is 5.61. The highest BCUT2D eigenvalue weighted by Gasteiger charge is 2.64. The maximum absolute atomic E-state index is 4.71. The normalized spacial score (nSPS) is 24.7. The molecule has 30 heavy (non-hydrogen) atoms. The zero-order chi connectivity index (χ0) is 20.8. The number of benzene rings is 2. The Morgan fingerprint density at radius 2 is 1.47 bits per heavy atom. The minimum absolute atomic E-state index is 0.0549. The number of hydrogen-bond donors (Lipinski definition) is 0. The first kappa shape index (κ1) is 19.0. The van der Waals surface area contributed by atoms with Crippen LogP contribution in [0.3, 0.4) is 0 Å². The number of pyridine rings is 1. The van der Waals surface area contributed by atoms with Crippen LogP contribution in [0.25, 0.3) is 0 Å². The third kappa shape index (κ3) is 2.79. The Morgan fingerprint density at radius 1 is 0.867 bits per heavy atom. The van der Waals surface area contributed by atoms with Gasteiger partial charge < -0.3 is 0 Å². The summed E-state index contributed by atoms with van der Waals surface area (Å²) in [5.74, 6) is 1.03. The smallest absolute Gasteiger partial charge is 0.242 e. The maximum Gasteiger partial charge on any atom is 0.242 e. The molecule has 1 saturated carbocycles. The summed E-state index contributed by atoms with van der Waals surface area (Å²) in [5.41, 5.74) is 2.81. The highest BCUT2D eigenvalue weighted by atomic mass is 15.3. The monoisotopic (exact) mass is 396 g/mol. The van der Waals surface area contributed by atoms with Gasteiger partial charge in [-0.15, -0.1) is 0 Å². The first-order chi connectivity index (χ1) is 14.5. The van der Waals surface area contributed by atoms with Crippen LogP contribution in [-0.4, -0.2) is 27.5 Å². The molecule has 1 aromatic heterocycles. The molecule has 2 bridgehead atoms. The van der Waals surface area contributed by atoms with E-state index in [1.165, 1.54) is 24.0 Å². The van der Waals surface area contributed by atoms with Gasteiger partial charge in [-0.05, 0) is 25.8 Å².